The van der Waals surface area contributed by atoms with Crippen molar-refractivity contribution in [2.75, 3.05) is 6.54 Å². The lowest BCUT2D eigenvalue weighted by molar-refractivity contribution is -0.385. The standard InChI is InChI=1S/C14H17N3O3/c1-9(10-5-6-10)16-13(18)8-15-14(16)11-3-2-4-12(7-11)17(19)20/h2-4,7,9-10,14-15H,5-6,8H2,1H3. The fourth-order valence-electron chi connectivity index (χ4n) is 2.87. The molecule has 1 aromatic rings. The zero-order valence-electron chi connectivity index (χ0n) is 11.3. The van der Waals surface area contributed by atoms with Crippen LogP contribution in [0.4, 0.5) is 5.69 Å². The minimum absolute atomic E-state index is 0.0580. The van der Waals surface area contributed by atoms with Crippen LogP contribution in [0.2, 0.25) is 0 Å². The van der Waals surface area contributed by atoms with E-state index in [-0.39, 0.29) is 23.8 Å². The van der Waals surface area contributed by atoms with Crippen LogP contribution in [0.25, 0.3) is 0 Å². The van der Waals surface area contributed by atoms with Crippen molar-refractivity contribution in [2.45, 2.75) is 32.0 Å². The van der Waals surface area contributed by atoms with Crippen molar-refractivity contribution >= 4 is 11.6 Å². The molecule has 2 unspecified atom stereocenters. The maximum atomic E-state index is 12.1. The Morgan fingerprint density at radius 1 is 1.45 bits per heavy atom. The number of carbonyl (C=O) groups excluding carboxylic acids is 1. The van der Waals surface area contributed by atoms with E-state index in [0.717, 1.165) is 18.4 Å². The summed E-state index contributed by atoms with van der Waals surface area (Å²) in [5, 5.41) is 14.0. The Morgan fingerprint density at radius 2 is 2.20 bits per heavy atom. The van der Waals surface area contributed by atoms with E-state index in [2.05, 4.69) is 12.2 Å². The molecule has 2 atom stereocenters. The zero-order valence-corrected chi connectivity index (χ0v) is 11.3. The number of amides is 1. The smallest absolute Gasteiger partial charge is 0.269 e. The van der Waals surface area contributed by atoms with Crippen molar-refractivity contribution in [3.05, 3.63) is 39.9 Å². The lowest BCUT2D eigenvalue weighted by Crippen LogP contribution is -2.39. The van der Waals surface area contributed by atoms with Gasteiger partial charge in [-0.2, -0.15) is 0 Å². The van der Waals surface area contributed by atoms with E-state index in [1.54, 1.807) is 12.1 Å². The third-order valence-electron chi connectivity index (χ3n) is 4.15. The highest BCUT2D eigenvalue weighted by atomic mass is 16.6. The fourth-order valence-corrected chi connectivity index (χ4v) is 2.87. The van der Waals surface area contributed by atoms with Crippen LogP contribution in [-0.2, 0) is 4.79 Å². The predicted octanol–water partition coefficient (Wildman–Crippen LogP) is 1.82. The maximum absolute atomic E-state index is 12.1. The Labute approximate surface area is 116 Å². The van der Waals surface area contributed by atoms with Gasteiger partial charge in [0.25, 0.3) is 5.69 Å². The van der Waals surface area contributed by atoms with Crippen molar-refractivity contribution in [3.8, 4) is 0 Å². The Morgan fingerprint density at radius 3 is 2.85 bits per heavy atom. The first-order valence-corrected chi connectivity index (χ1v) is 6.87. The summed E-state index contributed by atoms with van der Waals surface area (Å²) in [5.74, 6) is 0.640. The molecule has 6 heteroatoms. The van der Waals surface area contributed by atoms with Crippen LogP contribution in [0.1, 0.15) is 31.5 Å². The molecule has 3 rings (SSSR count). The second-order valence-corrected chi connectivity index (χ2v) is 5.51. The summed E-state index contributed by atoms with van der Waals surface area (Å²) >= 11 is 0. The van der Waals surface area contributed by atoms with Gasteiger partial charge in [-0.25, -0.2) is 0 Å². The van der Waals surface area contributed by atoms with E-state index in [4.69, 9.17) is 0 Å². The fraction of sp³-hybridized carbons (Fsp3) is 0.500. The number of nitrogens with zero attached hydrogens (tertiary/aromatic N) is 2. The van der Waals surface area contributed by atoms with Crippen molar-refractivity contribution in [1.82, 2.24) is 10.2 Å². The monoisotopic (exact) mass is 275 g/mol. The first-order chi connectivity index (χ1) is 9.58. The second-order valence-electron chi connectivity index (χ2n) is 5.51. The van der Waals surface area contributed by atoms with E-state index < -0.39 is 4.92 Å². The Hall–Kier alpha value is -1.95. The van der Waals surface area contributed by atoms with Crippen molar-refractivity contribution in [2.24, 2.45) is 5.92 Å². The number of non-ortho nitro benzene ring substituents is 1. The molecule has 2 fully saturated rings. The molecule has 20 heavy (non-hydrogen) atoms. The number of nitro benzene ring substituents is 1. The van der Waals surface area contributed by atoms with Crippen LogP contribution < -0.4 is 5.32 Å². The van der Waals surface area contributed by atoms with Crippen LogP contribution in [0.15, 0.2) is 24.3 Å². The van der Waals surface area contributed by atoms with Gasteiger partial charge in [-0.3, -0.25) is 20.2 Å². The van der Waals surface area contributed by atoms with E-state index in [1.165, 1.54) is 6.07 Å². The highest BCUT2D eigenvalue weighted by Gasteiger charge is 2.41. The molecular weight excluding hydrogens is 258 g/mol. The molecule has 0 spiro atoms. The largest absolute Gasteiger partial charge is 0.319 e. The Bertz CT molecular complexity index is 556. The molecule has 0 radical (unpaired) electrons. The lowest BCUT2D eigenvalue weighted by Gasteiger charge is -2.30. The molecular formula is C14H17N3O3. The third kappa shape index (κ3) is 2.27. The number of hydrogen-bond donors (Lipinski definition) is 1. The Balaban J connectivity index is 1.89. The highest BCUT2D eigenvalue weighted by molar-refractivity contribution is 5.81. The van der Waals surface area contributed by atoms with Gasteiger partial charge in [-0.1, -0.05) is 12.1 Å². The summed E-state index contributed by atoms with van der Waals surface area (Å²) in [6, 6.07) is 6.69. The van der Waals surface area contributed by atoms with Crippen LogP contribution in [0.3, 0.4) is 0 Å². The molecule has 0 aromatic heterocycles. The van der Waals surface area contributed by atoms with Crippen molar-refractivity contribution < 1.29 is 9.72 Å². The summed E-state index contributed by atoms with van der Waals surface area (Å²) in [6.07, 6.45) is 2.07. The van der Waals surface area contributed by atoms with E-state index >= 15 is 0 Å². The van der Waals surface area contributed by atoms with Gasteiger partial charge in [0.2, 0.25) is 5.91 Å². The van der Waals surface area contributed by atoms with Gasteiger partial charge in [0.15, 0.2) is 0 Å². The van der Waals surface area contributed by atoms with Gasteiger partial charge in [0.05, 0.1) is 11.5 Å². The summed E-state index contributed by atoms with van der Waals surface area (Å²) in [6.45, 7) is 2.36. The molecule has 6 nitrogen and oxygen atoms in total. The Kier molecular flexibility index (Phi) is 3.17. The van der Waals surface area contributed by atoms with E-state index in [0.29, 0.717) is 12.5 Å². The molecule has 2 aliphatic rings. The highest BCUT2D eigenvalue weighted by Crippen LogP contribution is 2.39. The van der Waals surface area contributed by atoms with Crippen LogP contribution in [0, 0.1) is 16.0 Å². The van der Waals surface area contributed by atoms with E-state index in [1.807, 2.05) is 11.0 Å². The topological polar surface area (TPSA) is 75.5 Å². The second kappa shape index (κ2) is 4.86. The molecule has 1 heterocycles. The molecule has 0 bridgehead atoms. The summed E-state index contributed by atoms with van der Waals surface area (Å²) in [5.41, 5.74) is 0.834. The summed E-state index contributed by atoms with van der Waals surface area (Å²) in [4.78, 5) is 24.4. The molecule has 1 aromatic carbocycles. The first kappa shape index (κ1) is 13.1. The molecule has 1 amide bonds. The predicted molar refractivity (Wildman–Crippen MR) is 72.9 cm³/mol. The van der Waals surface area contributed by atoms with Crippen LogP contribution in [-0.4, -0.2) is 28.3 Å². The molecule has 1 aliphatic heterocycles. The van der Waals surface area contributed by atoms with Crippen molar-refractivity contribution in [3.63, 3.8) is 0 Å². The van der Waals surface area contributed by atoms with Gasteiger partial charge >= 0.3 is 0 Å². The van der Waals surface area contributed by atoms with Gasteiger partial charge < -0.3 is 4.90 Å². The normalized spacial score (nSPS) is 23.9. The van der Waals surface area contributed by atoms with Crippen LogP contribution >= 0.6 is 0 Å². The molecule has 1 N–H and O–H groups in total. The molecule has 1 saturated heterocycles. The molecule has 1 aliphatic carbocycles. The molecule has 1 saturated carbocycles. The van der Waals surface area contributed by atoms with Gasteiger partial charge in [-0.05, 0) is 31.2 Å². The summed E-state index contributed by atoms with van der Waals surface area (Å²) < 4.78 is 0. The number of carbonyl (C=O) groups is 1. The number of nitrogens with one attached hydrogen (secondary N) is 1. The van der Waals surface area contributed by atoms with Crippen LogP contribution in [0.5, 0.6) is 0 Å². The van der Waals surface area contributed by atoms with Crippen molar-refractivity contribution in [1.29, 1.82) is 0 Å². The lowest BCUT2D eigenvalue weighted by atomic mass is 10.1. The number of hydrogen-bond acceptors (Lipinski definition) is 4. The number of rotatable bonds is 4. The average molecular weight is 275 g/mol. The minimum atomic E-state index is -0.408. The van der Waals surface area contributed by atoms with E-state index in [9.17, 15) is 14.9 Å². The maximum Gasteiger partial charge on any atom is 0.269 e. The SMILES string of the molecule is CC(C1CC1)N1C(=O)CNC1c1cccc([N+](=O)[O-])c1. The van der Waals surface area contributed by atoms with Gasteiger partial charge in [-0.15, -0.1) is 0 Å². The van der Waals surface area contributed by atoms with Gasteiger partial charge in [0.1, 0.15) is 6.17 Å². The zero-order chi connectivity index (χ0) is 14.3. The summed E-state index contributed by atoms with van der Waals surface area (Å²) in [7, 11) is 0. The number of nitro groups is 1. The quantitative estimate of drug-likeness (QED) is 0.672. The number of benzene rings is 1. The van der Waals surface area contributed by atoms with Gasteiger partial charge in [0, 0.05) is 18.2 Å². The molecule has 106 valence electrons. The minimum Gasteiger partial charge on any atom is -0.319 e. The first-order valence-electron chi connectivity index (χ1n) is 6.87. The third-order valence-corrected chi connectivity index (χ3v) is 4.15. The average Bonchev–Trinajstić information content (AvgIpc) is 3.21.